The quantitative estimate of drug-likeness (QED) is 0.475. The van der Waals surface area contributed by atoms with Crippen LogP contribution in [0, 0.1) is 6.92 Å². The van der Waals surface area contributed by atoms with Gasteiger partial charge in [0.1, 0.15) is 6.61 Å². The van der Waals surface area contributed by atoms with Crippen LogP contribution < -0.4 is 14.8 Å². The summed E-state index contributed by atoms with van der Waals surface area (Å²) >= 11 is 4.83. The third-order valence-electron chi connectivity index (χ3n) is 3.84. The summed E-state index contributed by atoms with van der Waals surface area (Å²) < 4.78 is 11.8. The van der Waals surface area contributed by atoms with Crippen molar-refractivity contribution in [2.75, 3.05) is 13.7 Å². The second kappa shape index (κ2) is 9.12. The Morgan fingerprint density at radius 3 is 2.68 bits per heavy atom. The zero-order valence-corrected chi connectivity index (χ0v) is 17.9. The third-order valence-corrected chi connectivity index (χ3v) is 5.44. The van der Waals surface area contributed by atoms with Gasteiger partial charge >= 0.3 is 0 Å². The van der Waals surface area contributed by atoms with E-state index in [0.717, 1.165) is 21.3 Å². The van der Waals surface area contributed by atoms with Gasteiger partial charge in [-0.2, -0.15) is 0 Å². The first-order valence-electron chi connectivity index (χ1n) is 8.47. The smallest absolute Gasteiger partial charge is 0.264 e. The van der Waals surface area contributed by atoms with Crippen molar-refractivity contribution in [1.29, 1.82) is 0 Å². The average Bonchev–Trinajstić information content (AvgIpc) is 3.02. The Balaban J connectivity index is 1.85. The Labute approximate surface area is 176 Å². The molecule has 0 bridgehead atoms. The molecule has 0 radical (unpaired) electrons. The SMILES string of the molecule is C=CCOc1cc(Br)c(/C=C2/SC(=Nc3ccc(C)cc3)NC2=O)cc1OC. The lowest BCUT2D eigenvalue weighted by Crippen LogP contribution is -2.19. The standard InChI is InChI=1S/C21H19BrN2O3S/c1-4-9-27-18-12-16(22)14(10-17(18)26-3)11-19-20(25)24-21(28-19)23-15-7-5-13(2)6-8-15/h4-8,10-12H,1,9H2,2-3H3,(H,23,24,25)/b19-11+. The first kappa shape index (κ1) is 20.2. The van der Waals surface area contributed by atoms with E-state index >= 15 is 0 Å². The molecule has 7 heteroatoms. The van der Waals surface area contributed by atoms with Crippen LogP contribution in [0.4, 0.5) is 5.69 Å². The molecular weight excluding hydrogens is 440 g/mol. The number of amidine groups is 1. The second-order valence-corrected chi connectivity index (χ2v) is 7.83. The summed E-state index contributed by atoms with van der Waals surface area (Å²) in [5.74, 6) is 0.990. The molecule has 0 unspecified atom stereocenters. The van der Waals surface area contributed by atoms with Crippen molar-refractivity contribution in [1.82, 2.24) is 5.32 Å². The van der Waals surface area contributed by atoms with E-state index in [2.05, 4.69) is 32.8 Å². The molecule has 1 aliphatic heterocycles. The number of carbonyl (C=O) groups is 1. The number of methoxy groups -OCH3 is 1. The highest BCUT2D eigenvalue weighted by Gasteiger charge is 2.24. The normalized spacial score (nSPS) is 16.3. The summed E-state index contributed by atoms with van der Waals surface area (Å²) in [6.45, 7) is 6.04. The van der Waals surface area contributed by atoms with Gasteiger partial charge in [0.2, 0.25) is 0 Å². The molecule has 1 fully saturated rings. The van der Waals surface area contributed by atoms with E-state index in [9.17, 15) is 4.79 Å². The largest absolute Gasteiger partial charge is 0.493 e. The second-order valence-electron chi connectivity index (χ2n) is 5.94. The van der Waals surface area contributed by atoms with Gasteiger partial charge in [-0.25, -0.2) is 4.99 Å². The summed E-state index contributed by atoms with van der Waals surface area (Å²) in [5, 5.41) is 3.35. The number of benzene rings is 2. The first-order chi connectivity index (χ1) is 13.5. The number of thioether (sulfide) groups is 1. The molecule has 1 aliphatic rings. The highest BCUT2D eigenvalue weighted by Crippen LogP contribution is 2.36. The van der Waals surface area contributed by atoms with Gasteiger partial charge in [0.25, 0.3) is 5.91 Å². The van der Waals surface area contributed by atoms with Crippen LogP contribution in [0.5, 0.6) is 11.5 Å². The fourth-order valence-corrected chi connectivity index (χ4v) is 3.71. The highest BCUT2D eigenvalue weighted by atomic mass is 79.9. The van der Waals surface area contributed by atoms with Crippen molar-refractivity contribution >= 4 is 50.5 Å². The fraction of sp³-hybridized carbons (Fsp3) is 0.143. The number of aliphatic imine (C=N–C) groups is 1. The predicted molar refractivity (Wildman–Crippen MR) is 118 cm³/mol. The zero-order chi connectivity index (χ0) is 20.1. The van der Waals surface area contributed by atoms with Crippen molar-refractivity contribution < 1.29 is 14.3 Å². The van der Waals surface area contributed by atoms with Gasteiger partial charge in [0.15, 0.2) is 16.7 Å². The molecule has 1 amide bonds. The van der Waals surface area contributed by atoms with E-state index in [0.29, 0.717) is 28.2 Å². The number of halogens is 1. The Kier molecular flexibility index (Phi) is 6.59. The molecule has 1 saturated heterocycles. The minimum absolute atomic E-state index is 0.186. The van der Waals surface area contributed by atoms with E-state index in [-0.39, 0.29) is 5.91 Å². The Hall–Kier alpha value is -2.51. The molecule has 28 heavy (non-hydrogen) atoms. The molecule has 5 nitrogen and oxygen atoms in total. The fourth-order valence-electron chi connectivity index (χ4n) is 2.44. The molecule has 1 heterocycles. The van der Waals surface area contributed by atoms with Gasteiger partial charge in [-0.15, -0.1) is 0 Å². The highest BCUT2D eigenvalue weighted by molar-refractivity contribution is 9.10. The third kappa shape index (κ3) is 4.85. The molecule has 0 aromatic heterocycles. The molecule has 2 aromatic rings. The maximum Gasteiger partial charge on any atom is 0.264 e. The predicted octanol–water partition coefficient (Wildman–Crippen LogP) is 5.22. The van der Waals surface area contributed by atoms with E-state index in [1.165, 1.54) is 11.8 Å². The van der Waals surface area contributed by atoms with E-state index in [1.807, 2.05) is 43.3 Å². The summed E-state index contributed by atoms with van der Waals surface area (Å²) in [5.41, 5.74) is 2.75. The molecule has 0 aliphatic carbocycles. The van der Waals surface area contributed by atoms with Crippen molar-refractivity contribution in [3.05, 3.63) is 69.6 Å². The Bertz CT molecular complexity index is 968. The molecule has 144 valence electrons. The van der Waals surface area contributed by atoms with Crippen LogP contribution in [0.1, 0.15) is 11.1 Å². The lowest BCUT2D eigenvalue weighted by molar-refractivity contribution is -0.115. The van der Waals surface area contributed by atoms with Crippen LogP contribution in [0.2, 0.25) is 0 Å². The van der Waals surface area contributed by atoms with Crippen LogP contribution in [0.25, 0.3) is 6.08 Å². The summed E-state index contributed by atoms with van der Waals surface area (Å²) in [7, 11) is 1.57. The van der Waals surface area contributed by atoms with Crippen LogP contribution in [0.3, 0.4) is 0 Å². The number of amides is 1. The minimum atomic E-state index is -0.186. The summed E-state index contributed by atoms with van der Waals surface area (Å²) in [6, 6.07) is 11.4. The lowest BCUT2D eigenvalue weighted by Gasteiger charge is -2.11. The van der Waals surface area contributed by atoms with Gasteiger partial charge in [-0.1, -0.05) is 46.3 Å². The monoisotopic (exact) mass is 458 g/mol. The number of nitrogens with one attached hydrogen (secondary N) is 1. The Morgan fingerprint density at radius 2 is 2.00 bits per heavy atom. The van der Waals surface area contributed by atoms with E-state index < -0.39 is 0 Å². The van der Waals surface area contributed by atoms with Crippen LogP contribution in [-0.4, -0.2) is 24.8 Å². The Morgan fingerprint density at radius 1 is 1.25 bits per heavy atom. The van der Waals surface area contributed by atoms with Gasteiger partial charge in [0, 0.05) is 4.47 Å². The van der Waals surface area contributed by atoms with Gasteiger partial charge in [-0.3, -0.25) is 4.79 Å². The van der Waals surface area contributed by atoms with Crippen molar-refractivity contribution in [3.63, 3.8) is 0 Å². The summed E-state index contributed by atoms with van der Waals surface area (Å²) in [6.07, 6.45) is 3.46. The van der Waals surface area contributed by atoms with Gasteiger partial charge < -0.3 is 14.8 Å². The molecule has 3 rings (SSSR count). The van der Waals surface area contributed by atoms with Crippen molar-refractivity contribution in [2.24, 2.45) is 4.99 Å². The topological polar surface area (TPSA) is 59.9 Å². The van der Waals surface area contributed by atoms with Crippen LogP contribution in [0.15, 0.2) is 63.4 Å². The van der Waals surface area contributed by atoms with E-state index in [4.69, 9.17) is 9.47 Å². The van der Waals surface area contributed by atoms with Crippen molar-refractivity contribution in [2.45, 2.75) is 6.92 Å². The molecule has 2 aromatic carbocycles. The summed E-state index contributed by atoms with van der Waals surface area (Å²) in [4.78, 5) is 17.4. The number of carbonyl (C=O) groups excluding carboxylic acids is 1. The number of hydrogen-bond acceptors (Lipinski definition) is 5. The van der Waals surface area contributed by atoms with Gasteiger partial charge in [-0.05, 0) is 54.6 Å². The minimum Gasteiger partial charge on any atom is -0.493 e. The molecular formula is C21H19BrN2O3S. The number of hydrogen-bond donors (Lipinski definition) is 1. The molecule has 0 atom stereocenters. The number of nitrogens with zero attached hydrogens (tertiary/aromatic N) is 1. The van der Waals surface area contributed by atoms with E-state index in [1.54, 1.807) is 19.3 Å². The van der Waals surface area contributed by atoms with Crippen molar-refractivity contribution in [3.8, 4) is 11.5 Å². The molecule has 0 spiro atoms. The first-order valence-corrected chi connectivity index (χ1v) is 10.1. The van der Waals surface area contributed by atoms with Crippen LogP contribution >= 0.6 is 27.7 Å². The molecule has 1 N–H and O–H groups in total. The number of aryl methyl sites for hydroxylation is 1. The number of rotatable bonds is 6. The maximum absolute atomic E-state index is 12.3. The number of ether oxygens (including phenoxy) is 2. The lowest BCUT2D eigenvalue weighted by atomic mass is 10.2. The zero-order valence-electron chi connectivity index (χ0n) is 15.5. The average molecular weight is 459 g/mol. The maximum atomic E-state index is 12.3. The van der Waals surface area contributed by atoms with Gasteiger partial charge in [0.05, 0.1) is 17.7 Å². The van der Waals surface area contributed by atoms with Crippen LogP contribution in [-0.2, 0) is 4.79 Å². The molecule has 0 saturated carbocycles.